The summed E-state index contributed by atoms with van der Waals surface area (Å²) in [6, 6.07) is 14.7. The maximum absolute atomic E-state index is 11.2. The minimum absolute atomic E-state index is 0.349. The summed E-state index contributed by atoms with van der Waals surface area (Å²) in [5, 5.41) is 21.7. The molecule has 0 saturated carbocycles. The second-order valence-corrected chi connectivity index (χ2v) is 5.31. The monoisotopic (exact) mass is 329 g/mol. The topological polar surface area (TPSA) is 95.9 Å². The Morgan fingerprint density at radius 2 is 1.83 bits per heavy atom. The van der Waals surface area contributed by atoms with E-state index in [9.17, 15) is 14.7 Å². The van der Waals surface area contributed by atoms with E-state index in [-0.39, 0.29) is 0 Å². The fourth-order valence-electron chi connectivity index (χ4n) is 2.22. The molecule has 0 aromatic heterocycles. The highest BCUT2D eigenvalue weighted by Crippen LogP contribution is 2.23. The van der Waals surface area contributed by atoms with Crippen LogP contribution in [0.3, 0.4) is 0 Å². The van der Waals surface area contributed by atoms with Crippen LogP contribution in [0, 0.1) is 0 Å². The molecule has 126 valence electrons. The lowest BCUT2D eigenvalue weighted by Gasteiger charge is -2.20. The molecule has 2 aromatic carbocycles. The van der Waals surface area contributed by atoms with E-state index in [4.69, 9.17) is 9.84 Å². The number of nitrogens with one attached hydrogen (secondary N) is 1. The molecule has 0 radical (unpaired) electrons. The lowest BCUT2D eigenvalue weighted by Crippen LogP contribution is -2.44. The van der Waals surface area contributed by atoms with Crippen LogP contribution >= 0.6 is 0 Å². The first kappa shape index (κ1) is 17.5. The highest BCUT2D eigenvalue weighted by Gasteiger charge is 2.28. The Bertz CT molecular complexity index is 702. The summed E-state index contributed by atoms with van der Waals surface area (Å²) in [5.41, 5.74) is 1.34. The molecule has 6 nitrogen and oxygen atoms in total. The number of carboxylic acids is 1. The Morgan fingerprint density at radius 1 is 1.12 bits per heavy atom. The van der Waals surface area contributed by atoms with E-state index in [1.54, 1.807) is 24.3 Å². The van der Waals surface area contributed by atoms with Crippen molar-refractivity contribution in [1.82, 2.24) is 5.32 Å². The normalized spacial score (nSPS) is 12.9. The molecule has 0 aliphatic heterocycles. The van der Waals surface area contributed by atoms with Crippen molar-refractivity contribution in [2.45, 2.75) is 25.7 Å². The molecule has 6 heteroatoms. The van der Waals surface area contributed by atoms with Gasteiger partial charge in [0.1, 0.15) is 18.5 Å². The Balaban J connectivity index is 2.10. The zero-order valence-corrected chi connectivity index (χ0v) is 13.2. The zero-order valence-electron chi connectivity index (χ0n) is 13.2. The van der Waals surface area contributed by atoms with Crippen molar-refractivity contribution in [3.05, 3.63) is 65.7 Å². The first-order chi connectivity index (χ1) is 11.5. The van der Waals surface area contributed by atoms with Crippen molar-refractivity contribution in [3.63, 3.8) is 0 Å². The molecule has 0 bridgehead atoms. The zero-order chi connectivity index (χ0) is 17.5. The van der Waals surface area contributed by atoms with E-state index in [1.165, 1.54) is 6.92 Å². The Kier molecular flexibility index (Phi) is 5.92. The first-order valence-corrected chi connectivity index (χ1v) is 7.42. The Hall–Kier alpha value is -2.86. The van der Waals surface area contributed by atoms with E-state index in [2.05, 4.69) is 5.32 Å². The third-order valence-electron chi connectivity index (χ3n) is 3.39. The quantitative estimate of drug-likeness (QED) is 0.721. The molecule has 2 rings (SSSR count). The van der Waals surface area contributed by atoms with Crippen molar-refractivity contribution in [2.24, 2.45) is 0 Å². The molecule has 2 aromatic rings. The maximum atomic E-state index is 11.2. The molecule has 1 amide bonds. The molecule has 24 heavy (non-hydrogen) atoms. The van der Waals surface area contributed by atoms with Gasteiger partial charge in [0.2, 0.25) is 5.91 Å². The van der Waals surface area contributed by atoms with Gasteiger partial charge in [0.15, 0.2) is 6.04 Å². The van der Waals surface area contributed by atoms with Crippen LogP contribution in [0.25, 0.3) is 0 Å². The van der Waals surface area contributed by atoms with Gasteiger partial charge in [-0.05, 0) is 23.3 Å². The lowest BCUT2D eigenvalue weighted by molar-refractivity contribution is -0.145. The van der Waals surface area contributed by atoms with E-state index in [0.29, 0.717) is 17.9 Å². The molecule has 0 heterocycles. The molecule has 0 spiro atoms. The first-order valence-electron chi connectivity index (χ1n) is 7.42. The van der Waals surface area contributed by atoms with Crippen LogP contribution in [-0.2, 0) is 16.2 Å². The number of ether oxygens (including phenoxy) is 1. The summed E-state index contributed by atoms with van der Waals surface area (Å²) >= 11 is 0. The highest BCUT2D eigenvalue weighted by molar-refractivity contribution is 5.82. The van der Waals surface area contributed by atoms with Crippen molar-refractivity contribution in [2.75, 3.05) is 0 Å². The van der Waals surface area contributed by atoms with Crippen LogP contribution in [0.15, 0.2) is 54.6 Å². The molecule has 0 saturated heterocycles. The van der Waals surface area contributed by atoms with Gasteiger partial charge in [-0.1, -0.05) is 42.5 Å². The molecular weight excluding hydrogens is 310 g/mol. The second kappa shape index (κ2) is 8.12. The van der Waals surface area contributed by atoms with Gasteiger partial charge >= 0.3 is 5.97 Å². The fraction of sp³-hybridized carbons (Fsp3) is 0.222. The number of aliphatic hydroxyl groups excluding tert-OH is 1. The second-order valence-electron chi connectivity index (χ2n) is 5.31. The number of carbonyl (C=O) groups excluding carboxylic acids is 1. The average Bonchev–Trinajstić information content (AvgIpc) is 2.58. The SMILES string of the molecule is CC(=O)NC(C(=O)O)C(O)c1cccc(OCc2ccccc2)c1. The predicted molar refractivity (Wildman–Crippen MR) is 87.4 cm³/mol. The number of rotatable bonds is 7. The van der Waals surface area contributed by atoms with Gasteiger partial charge in [0, 0.05) is 6.92 Å². The van der Waals surface area contributed by atoms with Crippen LogP contribution in [0.1, 0.15) is 24.2 Å². The average molecular weight is 329 g/mol. The van der Waals surface area contributed by atoms with Gasteiger partial charge < -0.3 is 20.3 Å². The third kappa shape index (κ3) is 4.82. The number of aliphatic hydroxyl groups is 1. The lowest BCUT2D eigenvalue weighted by atomic mass is 10.0. The molecule has 2 unspecified atom stereocenters. The highest BCUT2D eigenvalue weighted by atomic mass is 16.5. The van der Waals surface area contributed by atoms with E-state index < -0.39 is 24.0 Å². The van der Waals surface area contributed by atoms with Crippen molar-refractivity contribution < 1.29 is 24.5 Å². The van der Waals surface area contributed by atoms with Crippen molar-refractivity contribution in [3.8, 4) is 5.75 Å². The van der Waals surface area contributed by atoms with Crippen molar-refractivity contribution in [1.29, 1.82) is 0 Å². The number of carboxylic acid groups (broad SMARTS) is 1. The summed E-state index contributed by atoms with van der Waals surface area (Å²) < 4.78 is 5.66. The summed E-state index contributed by atoms with van der Waals surface area (Å²) in [7, 11) is 0. The van der Waals surface area contributed by atoms with Crippen LogP contribution in [0.2, 0.25) is 0 Å². The number of hydrogen-bond donors (Lipinski definition) is 3. The molecule has 2 atom stereocenters. The van der Waals surface area contributed by atoms with Gasteiger partial charge in [-0.25, -0.2) is 4.79 Å². The smallest absolute Gasteiger partial charge is 0.329 e. The molecule has 0 aliphatic rings. The number of aliphatic carboxylic acids is 1. The van der Waals surface area contributed by atoms with E-state index in [1.807, 2.05) is 30.3 Å². The minimum atomic E-state index is -1.42. The standard InChI is InChI=1S/C18H19NO5/c1-12(20)19-16(18(22)23)17(21)14-8-5-9-15(10-14)24-11-13-6-3-2-4-7-13/h2-10,16-17,21H,11H2,1H3,(H,19,20)(H,22,23). The summed E-state index contributed by atoms with van der Waals surface area (Å²) in [4.78, 5) is 22.3. The van der Waals surface area contributed by atoms with Gasteiger partial charge in [-0.3, -0.25) is 4.79 Å². The van der Waals surface area contributed by atoms with E-state index in [0.717, 1.165) is 5.56 Å². The number of benzene rings is 2. The molecule has 0 aliphatic carbocycles. The van der Waals surface area contributed by atoms with Gasteiger partial charge in [-0.15, -0.1) is 0 Å². The summed E-state index contributed by atoms with van der Waals surface area (Å²) in [5.74, 6) is -1.34. The summed E-state index contributed by atoms with van der Waals surface area (Å²) in [6.07, 6.45) is -1.38. The van der Waals surface area contributed by atoms with E-state index >= 15 is 0 Å². The minimum Gasteiger partial charge on any atom is -0.489 e. The summed E-state index contributed by atoms with van der Waals surface area (Å²) in [6.45, 7) is 1.55. The molecule has 3 N–H and O–H groups in total. The van der Waals surface area contributed by atoms with Crippen LogP contribution in [-0.4, -0.2) is 28.1 Å². The predicted octanol–water partition coefficient (Wildman–Crippen LogP) is 1.89. The van der Waals surface area contributed by atoms with Crippen LogP contribution in [0.5, 0.6) is 5.75 Å². The van der Waals surface area contributed by atoms with Gasteiger partial charge in [0.05, 0.1) is 0 Å². The van der Waals surface area contributed by atoms with Crippen molar-refractivity contribution >= 4 is 11.9 Å². The maximum Gasteiger partial charge on any atom is 0.329 e. The Morgan fingerprint density at radius 3 is 2.46 bits per heavy atom. The number of carbonyl (C=O) groups is 2. The molecule has 0 fully saturated rings. The number of amides is 1. The third-order valence-corrected chi connectivity index (χ3v) is 3.39. The van der Waals surface area contributed by atoms with Gasteiger partial charge in [-0.2, -0.15) is 0 Å². The van der Waals surface area contributed by atoms with Crippen LogP contribution in [0.4, 0.5) is 0 Å². The number of hydrogen-bond acceptors (Lipinski definition) is 4. The van der Waals surface area contributed by atoms with Gasteiger partial charge in [0.25, 0.3) is 0 Å². The van der Waals surface area contributed by atoms with Crippen LogP contribution < -0.4 is 10.1 Å². The Labute approximate surface area is 139 Å². The molecular formula is C18H19NO5. The largest absolute Gasteiger partial charge is 0.489 e. The fourth-order valence-corrected chi connectivity index (χ4v) is 2.22.